The Morgan fingerprint density at radius 2 is 2.12 bits per heavy atom. The van der Waals surface area contributed by atoms with Crippen LogP contribution in [0.2, 0.25) is 0 Å². The van der Waals surface area contributed by atoms with Crippen LogP contribution < -0.4 is 4.74 Å². The molecule has 0 N–H and O–H groups in total. The summed E-state index contributed by atoms with van der Waals surface area (Å²) in [6.07, 6.45) is 3.13. The minimum atomic E-state index is -0.706. The molecule has 0 radical (unpaired) electrons. The van der Waals surface area contributed by atoms with Crippen molar-refractivity contribution < 1.29 is 13.5 Å². The number of hydrogen-bond donors (Lipinski definition) is 0. The van der Waals surface area contributed by atoms with Crippen molar-refractivity contribution in [3.05, 3.63) is 29.3 Å². The van der Waals surface area contributed by atoms with E-state index < -0.39 is 11.6 Å². The lowest BCUT2D eigenvalue weighted by molar-refractivity contribution is 0.383. The van der Waals surface area contributed by atoms with Crippen LogP contribution in [-0.4, -0.2) is 19.9 Å². The predicted octanol–water partition coefficient (Wildman–Crippen LogP) is 3.19. The molecule has 16 heavy (non-hydrogen) atoms. The molecule has 0 aliphatic rings. The number of unbranched alkanes of at least 4 members (excludes halogenated alkanes) is 1. The second-order valence-corrected chi connectivity index (χ2v) is 3.37. The highest BCUT2D eigenvalue weighted by atomic mass is 19.1. The number of benzene rings is 1. The van der Waals surface area contributed by atoms with Gasteiger partial charge in [-0.25, -0.2) is 8.78 Å². The number of nitrogens with zero attached hydrogens (tertiary/aromatic N) is 1. The molecular formula is C12H15F2NO. The zero-order chi connectivity index (χ0) is 12.0. The van der Waals surface area contributed by atoms with Gasteiger partial charge >= 0.3 is 0 Å². The maximum Gasteiger partial charge on any atom is 0.176 e. The highest BCUT2D eigenvalue weighted by molar-refractivity contribution is 5.81. The number of halogens is 2. The van der Waals surface area contributed by atoms with Gasteiger partial charge in [-0.15, -0.1) is 0 Å². The molecule has 0 aromatic heterocycles. The lowest BCUT2D eigenvalue weighted by atomic mass is 10.2. The molecule has 0 amide bonds. The molecule has 0 saturated carbocycles. The van der Waals surface area contributed by atoms with E-state index in [0.29, 0.717) is 6.54 Å². The van der Waals surface area contributed by atoms with E-state index >= 15 is 0 Å². The Bertz CT molecular complexity index is 378. The number of methoxy groups -OCH3 is 1. The van der Waals surface area contributed by atoms with E-state index in [1.54, 1.807) is 0 Å². The van der Waals surface area contributed by atoms with E-state index in [0.717, 1.165) is 12.8 Å². The number of rotatable bonds is 5. The fourth-order valence-electron chi connectivity index (χ4n) is 1.23. The Kier molecular flexibility index (Phi) is 4.89. The third-order valence-electron chi connectivity index (χ3n) is 2.17. The molecule has 0 unspecified atom stereocenters. The lowest BCUT2D eigenvalue weighted by Crippen LogP contribution is -1.98. The zero-order valence-electron chi connectivity index (χ0n) is 9.46. The predicted molar refractivity (Wildman–Crippen MR) is 60.3 cm³/mol. The average Bonchev–Trinajstić information content (AvgIpc) is 2.28. The van der Waals surface area contributed by atoms with Crippen LogP contribution in [0.4, 0.5) is 8.78 Å². The molecule has 0 spiro atoms. The first-order valence-corrected chi connectivity index (χ1v) is 5.22. The standard InChI is InChI=1S/C12H15F2NO/c1-3-4-7-15-8-9-10(13)5-6-11(16-2)12(9)14/h5-6,8H,3-4,7H2,1-2H3. The summed E-state index contributed by atoms with van der Waals surface area (Å²) in [6, 6.07) is 2.43. The van der Waals surface area contributed by atoms with Crippen LogP contribution in [-0.2, 0) is 0 Å². The highest BCUT2D eigenvalue weighted by Gasteiger charge is 2.11. The second kappa shape index (κ2) is 6.20. The van der Waals surface area contributed by atoms with Gasteiger partial charge in [0.1, 0.15) is 5.82 Å². The van der Waals surface area contributed by atoms with Crippen LogP contribution in [0.25, 0.3) is 0 Å². The van der Waals surface area contributed by atoms with E-state index in [-0.39, 0.29) is 11.3 Å². The molecule has 0 bridgehead atoms. The molecule has 1 rings (SSSR count). The van der Waals surface area contributed by atoms with Crippen LogP contribution in [0.15, 0.2) is 17.1 Å². The van der Waals surface area contributed by atoms with Gasteiger partial charge in [-0.05, 0) is 18.6 Å². The number of ether oxygens (including phenoxy) is 1. The highest BCUT2D eigenvalue weighted by Crippen LogP contribution is 2.21. The van der Waals surface area contributed by atoms with Crippen molar-refractivity contribution in [1.29, 1.82) is 0 Å². The third-order valence-corrected chi connectivity index (χ3v) is 2.17. The first-order valence-electron chi connectivity index (χ1n) is 5.22. The van der Waals surface area contributed by atoms with Crippen LogP contribution in [0, 0.1) is 11.6 Å². The van der Waals surface area contributed by atoms with Crippen molar-refractivity contribution in [2.24, 2.45) is 4.99 Å². The van der Waals surface area contributed by atoms with Crippen LogP contribution in [0.3, 0.4) is 0 Å². The molecule has 0 heterocycles. The average molecular weight is 227 g/mol. The Morgan fingerprint density at radius 1 is 1.38 bits per heavy atom. The first-order chi connectivity index (χ1) is 7.70. The van der Waals surface area contributed by atoms with Gasteiger partial charge in [-0.3, -0.25) is 4.99 Å². The topological polar surface area (TPSA) is 21.6 Å². The van der Waals surface area contributed by atoms with Crippen LogP contribution in [0.5, 0.6) is 5.75 Å². The first kappa shape index (κ1) is 12.6. The van der Waals surface area contributed by atoms with Crippen molar-refractivity contribution in [3.63, 3.8) is 0 Å². The molecular weight excluding hydrogens is 212 g/mol. The van der Waals surface area contributed by atoms with Gasteiger partial charge < -0.3 is 4.74 Å². The molecule has 0 fully saturated rings. The molecule has 1 aromatic rings. The molecule has 0 atom stereocenters. The number of aliphatic imine (C=N–C) groups is 1. The van der Waals surface area contributed by atoms with Crippen molar-refractivity contribution in [1.82, 2.24) is 0 Å². The monoisotopic (exact) mass is 227 g/mol. The van der Waals surface area contributed by atoms with Crippen molar-refractivity contribution in [2.75, 3.05) is 13.7 Å². The third kappa shape index (κ3) is 3.02. The Balaban J connectivity index is 2.89. The zero-order valence-corrected chi connectivity index (χ0v) is 9.46. The van der Waals surface area contributed by atoms with E-state index in [4.69, 9.17) is 4.74 Å². The Hall–Kier alpha value is -1.45. The minimum Gasteiger partial charge on any atom is -0.494 e. The van der Waals surface area contributed by atoms with Gasteiger partial charge in [0.25, 0.3) is 0 Å². The molecule has 1 aromatic carbocycles. The SMILES string of the molecule is CCCCN=Cc1c(F)ccc(OC)c1F. The molecule has 0 aliphatic carbocycles. The quantitative estimate of drug-likeness (QED) is 0.559. The smallest absolute Gasteiger partial charge is 0.176 e. The Labute approximate surface area is 94.0 Å². The largest absolute Gasteiger partial charge is 0.494 e. The molecule has 2 nitrogen and oxygen atoms in total. The summed E-state index contributed by atoms with van der Waals surface area (Å²) >= 11 is 0. The summed E-state index contributed by atoms with van der Waals surface area (Å²) in [5.41, 5.74) is -0.143. The normalized spacial score (nSPS) is 11.0. The Morgan fingerprint density at radius 3 is 2.75 bits per heavy atom. The van der Waals surface area contributed by atoms with Crippen molar-refractivity contribution in [2.45, 2.75) is 19.8 Å². The molecule has 0 aliphatic heterocycles. The number of hydrogen-bond acceptors (Lipinski definition) is 2. The van der Waals surface area contributed by atoms with Gasteiger partial charge in [0, 0.05) is 12.8 Å². The fraction of sp³-hybridized carbons (Fsp3) is 0.417. The van der Waals surface area contributed by atoms with Gasteiger partial charge in [0.05, 0.1) is 12.7 Å². The maximum absolute atomic E-state index is 13.6. The second-order valence-electron chi connectivity index (χ2n) is 3.37. The summed E-state index contributed by atoms with van der Waals surface area (Å²) in [5.74, 6) is -1.31. The fourth-order valence-corrected chi connectivity index (χ4v) is 1.23. The maximum atomic E-state index is 13.6. The summed E-state index contributed by atoms with van der Waals surface area (Å²) < 4.78 is 31.6. The van der Waals surface area contributed by atoms with Gasteiger partial charge in [-0.1, -0.05) is 13.3 Å². The molecule has 88 valence electrons. The van der Waals surface area contributed by atoms with Gasteiger partial charge in [0.15, 0.2) is 11.6 Å². The van der Waals surface area contributed by atoms with Crippen molar-refractivity contribution in [3.8, 4) is 5.75 Å². The summed E-state index contributed by atoms with van der Waals surface area (Å²) in [4.78, 5) is 3.97. The summed E-state index contributed by atoms with van der Waals surface area (Å²) in [5, 5.41) is 0. The lowest BCUT2D eigenvalue weighted by Gasteiger charge is -2.04. The summed E-state index contributed by atoms with van der Waals surface area (Å²) in [7, 11) is 1.34. The van der Waals surface area contributed by atoms with E-state index in [2.05, 4.69) is 4.99 Å². The molecule has 0 saturated heterocycles. The van der Waals surface area contributed by atoms with Gasteiger partial charge in [-0.2, -0.15) is 0 Å². The van der Waals surface area contributed by atoms with Crippen molar-refractivity contribution >= 4 is 6.21 Å². The van der Waals surface area contributed by atoms with E-state index in [9.17, 15) is 8.78 Å². The molecule has 4 heteroatoms. The summed E-state index contributed by atoms with van der Waals surface area (Å²) in [6.45, 7) is 2.61. The van der Waals surface area contributed by atoms with Crippen LogP contribution in [0.1, 0.15) is 25.3 Å². The van der Waals surface area contributed by atoms with E-state index in [1.165, 1.54) is 25.5 Å². The van der Waals surface area contributed by atoms with E-state index in [1.807, 2.05) is 6.92 Å². The van der Waals surface area contributed by atoms with Gasteiger partial charge in [0.2, 0.25) is 0 Å². The minimum absolute atomic E-state index is 0.0262. The van der Waals surface area contributed by atoms with Crippen LogP contribution >= 0.6 is 0 Å².